The molecule has 1 aliphatic heterocycles. The largest absolute Gasteiger partial charge is 0.352 e. The van der Waals surface area contributed by atoms with Crippen molar-refractivity contribution >= 4 is 34.0 Å². The number of sulfonamides is 1. The minimum absolute atomic E-state index is 0. The van der Waals surface area contributed by atoms with Crippen molar-refractivity contribution in [3.8, 4) is 0 Å². The average molecular weight is 410 g/mol. The van der Waals surface area contributed by atoms with Crippen LogP contribution in [0.1, 0.15) is 28.8 Å². The molecule has 1 amide bonds. The van der Waals surface area contributed by atoms with Gasteiger partial charge in [0.15, 0.2) is 0 Å². The normalized spacial score (nSPS) is 13.4. The Morgan fingerprint density at radius 2 is 1.93 bits per heavy atom. The number of nitrogens with one attached hydrogen (secondary N) is 1. The number of nitrogens with zero attached hydrogens (tertiary/aromatic N) is 1. The Bertz CT molecular complexity index is 903. The van der Waals surface area contributed by atoms with E-state index in [2.05, 4.69) is 5.32 Å². The molecular formula is C19H24ClN3O3S. The van der Waals surface area contributed by atoms with Crippen molar-refractivity contribution in [2.24, 2.45) is 5.73 Å². The highest BCUT2D eigenvalue weighted by Crippen LogP contribution is 2.31. The molecule has 0 saturated carbocycles. The zero-order valence-electron chi connectivity index (χ0n) is 14.9. The Balaban J connectivity index is 0.00000261. The van der Waals surface area contributed by atoms with Crippen molar-refractivity contribution in [1.29, 1.82) is 0 Å². The summed E-state index contributed by atoms with van der Waals surface area (Å²) < 4.78 is 27.8. The lowest BCUT2D eigenvalue weighted by molar-refractivity contribution is 0.0953. The molecule has 0 bridgehead atoms. The van der Waals surface area contributed by atoms with Crippen LogP contribution in [0.5, 0.6) is 0 Å². The minimum Gasteiger partial charge on any atom is -0.352 e. The average Bonchev–Trinajstić information content (AvgIpc) is 2.67. The van der Waals surface area contributed by atoms with Crippen LogP contribution in [0, 0.1) is 0 Å². The number of rotatable bonds is 6. The van der Waals surface area contributed by atoms with Crippen LogP contribution in [0.3, 0.4) is 0 Å². The van der Waals surface area contributed by atoms with E-state index >= 15 is 0 Å². The van der Waals surface area contributed by atoms with Gasteiger partial charge in [0.1, 0.15) is 0 Å². The summed E-state index contributed by atoms with van der Waals surface area (Å²) in [5.41, 5.74) is 7.49. The summed E-state index contributed by atoms with van der Waals surface area (Å²) >= 11 is 0. The van der Waals surface area contributed by atoms with Crippen molar-refractivity contribution in [3.63, 3.8) is 0 Å². The fraction of sp³-hybridized carbons (Fsp3) is 0.316. The standard InChI is InChI=1S/C19H23N3O3S.ClH/c20-11-5-12-21-19(23)16-7-3-9-17(14-16)26(24,25)22-13-4-8-15-6-1-2-10-18(15)22;/h1-3,6-7,9-10,14H,4-5,8,11-13,20H2,(H,21,23);1H. The molecule has 1 heterocycles. The zero-order chi connectivity index (χ0) is 18.6. The summed E-state index contributed by atoms with van der Waals surface area (Å²) in [5.74, 6) is -0.297. The number of aryl methyl sites for hydroxylation is 1. The molecular weight excluding hydrogens is 386 g/mol. The predicted molar refractivity (Wildman–Crippen MR) is 109 cm³/mol. The van der Waals surface area contributed by atoms with Gasteiger partial charge in [-0.2, -0.15) is 0 Å². The molecule has 27 heavy (non-hydrogen) atoms. The second-order valence-corrected chi connectivity index (χ2v) is 8.10. The van der Waals surface area contributed by atoms with E-state index in [-0.39, 0.29) is 23.2 Å². The number of para-hydroxylation sites is 1. The second kappa shape index (κ2) is 9.21. The van der Waals surface area contributed by atoms with Gasteiger partial charge in [-0.05, 0) is 55.6 Å². The van der Waals surface area contributed by atoms with Crippen LogP contribution in [0.25, 0.3) is 0 Å². The highest BCUT2D eigenvalue weighted by atomic mass is 35.5. The van der Waals surface area contributed by atoms with E-state index in [0.717, 1.165) is 24.1 Å². The first-order valence-corrected chi connectivity index (χ1v) is 10.2. The van der Waals surface area contributed by atoms with Gasteiger partial charge >= 0.3 is 0 Å². The van der Waals surface area contributed by atoms with Gasteiger partial charge in [0.25, 0.3) is 15.9 Å². The van der Waals surface area contributed by atoms with Crippen LogP contribution in [0.4, 0.5) is 5.69 Å². The fourth-order valence-electron chi connectivity index (χ4n) is 3.08. The van der Waals surface area contributed by atoms with Gasteiger partial charge in [-0.15, -0.1) is 12.4 Å². The van der Waals surface area contributed by atoms with E-state index < -0.39 is 10.0 Å². The molecule has 0 aliphatic carbocycles. The van der Waals surface area contributed by atoms with Crippen LogP contribution in [0.2, 0.25) is 0 Å². The summed E-state index contributed by atoms with van der Waals surface area (Å²) in [6.45, 7) is 1.39. The van der Waals surface area contributed by atoms with Crippen LogP contribution in [0.15, 0.2) is 53.4 Å². The third-order valence-corrected chi connectivity index (χ3v) is 6.23. The van der Waals surface area contributed by atoms with Crippen LogP contribution >= 0.6 is 12.4 Å². The molecule has 2 aromatic rings. The monoisotopic (exact) mass is 409 g/mol. The molecule has 6 nitrogen and oxygen atoms in total. The van der Waals surface area contributed by atoms with E-state index in [9.17, 15) is 13.2 Å². The van der Waals surface area contributed by atoms with Crippen molar-refractivity contribution in [2.75, 3.05) is 23.9 Å². The SMILES string of the molecule is Cl.NCCCNC(=O)c1cccc(S(=O)(=O)N2CCCc3ccccc32)c1. The number of amides is 1. The smallest absolute Gasteiger partial charge is 0.264 e. The Hall–Kier alpha value is -2.09. The first-order chi connectivity index (χ1) is 12.5. The number of halogens is 1. The topological polar surface area (TPSA) is 92.5 Å². The van der Waals surface area contributed by atoms with Crippen LogP contribution in [-0.4, -0.2) is 34.0 Å². The number of nitrogens with two attached hydrogens (primary N) is 1. The number of carbonyl (C=O) groups is 1. The van der Waals surface area contributed by atoms with Gasteiger partial charge in [-0.3, -0.25) is 9.10 Å². The van der Waals surface area contributed by atoms with Gasteiger partial charge in [0, 0.05) is 18.7 Å². The van der Waals surface area contributed by atoms with Gasteiger partial charge in [0.05, 0.1) is 10.6 Å². The maximum absolute atomic E-state index is 13.2. The molecule has 8 heteroatoms. The lowest BCUT2D eigenvalue weighted by atomic mass is 10.0. The van der Waals surface area contributed by atoms with E-state index in [1.807, 2.05) is 24.3 Å². The predicted octanol–water partition coefficient (Wildman–Crippen LogP) is 2.33. The Morgan fingerprint density at radius 3 is 2.70 bits per heavy atom. The quantitative estimate of drug-likeness (QED) is 0.716. The molecule has 1 aliphatic rings. The van der Waals surface area contributed by atoms with Crippen LogP contribution in [-0.2, 0) is 16.4 Å². The zero-order valence-corrected chi connectivity index (χ0v) is 16.6. The molecule has 0 spiro atoms. The number of hydrogen-bond acceptors (Lipinski definition) is 4. The molecule has 0 fully saturated rings. The molecule has 3 rings (SSSR count). The maximum Gasteiger partial charge on any atom is 0.264 e. The third kappa shape index (κ3) is 4.61. The van der Waals surface area contributed by atoms with E-state index in [1.54, 1.807) is 12.1 Å². The van der Waals surface area contributed by atoms with Crippen molar-refractivity contribution in [3.05, 3.63) is 59.7 Å². The number of fused-ring (bicyclic) bond motifs is 1. The second-order valence-electron chi connectivity index (χ2n) is 6.24. The lowest BCUT2D eigenvalue weighted by Gasteiger charge is -2.30. The molecule has 0 unspecified atom stereocenters. The Labute approximate surface area is 166 Å². The van der Waals surface area contributed by atoms with E-state index in [0.29, 0.717) is 31.6 Å². The highest BCUT2D eigenvalue weighted by molar-refractivity contribution is 7.92. The molecule has 0 aromatic heterocycles. The number of carbonyl (C=O) groups excluding carboxylic acids is 1. The van der Waals surface area contributed by atoms with Crippen LogP contribution < -0.4 is 15.4 Å². The molecule has 0 atom stereocenters. The number of benzene rings is 2. The number of hydrogen-bond donors (Lipinski definition) is 2. The van der Waals surface area contributed by atoms with Crippen molar-refractivity contribution in [1.82, 2.24) is 5.32 Å². The lowest BCUT2D eigenvalue weighted by Crippen LogP contribution is -2.35. The summed E-state index contributed by atoms with van der Waals surface area (Å²) in [5, 5.41) is 2.75. The molecule has 2 aromatic carbocycles. The van der Waals surface area contributed by atoms with Gasteiger partial charge in [-0.1, -0.05) is 24.3 Å². The summed E-state index contributed by atoms with van der Waals surface area (Å²) in [4.78, 5) is 12.3. The fourth-order valence-corrected chi connectivity index (χ4v) is 4.67. The summed E-state index contributed by atoms with van der Waals surface area (Å²) in [7, 11) is -3.72. The van der Waals surface area contributed by atoms with E-state index in [4.69, 9.17) is 5.73 Å². The van der Waals surface area contributed by atoms with Gasteiger partial charge in [-0.25, -0.2) is 8.42 Å². The summed E-state index contributed by atoms with van der Waals surface area (Å²) in [6, 6.07) is 13.7. The van der Waals surface area contributed by atoms with E-state index in [1.165, 1.54) is 16.4 Å². The minimum atomic E-state index is -3.72. The molecule has 146 valence electrons. The summed E-state index contributed by atoms with van der Waals surface area (Å²) in [6.07, 6.45) is 2.32. The number of anilines is 1. The van der Waals surface area contributed by atoms with Crippen molar-refractivity contribution in [2.45, 2.75) is 24.2 Å². The molecule has 3 N–H and O–H groups in total. The van der Waals surface area contributed by atoms with Gasteiger partial charge < -0.3 is 11.1 Å². The first kappa shape index (κ1) is 21.2. The molecule has 0 saturated heterocycles. The van der Waals surface area contributed by atoms with Crippen molar-refractivity contribution < 1.29 is 13.2 Å². The first-order valence-electron chi connectivity index (χ1n) is 8.73. The molecule has 0 radical (unpaired) electrons. The third-order valence-electron chi connectivity index (χ3n) is 4.42. The highest BCUT2D eigenvalue weighted by Gasteiger charge is 2.29. The maximum atomic E-state index is 13.2. The van der Waals surface area contributed by atoms with Gasteiger partial charge in [0.2, 0.25) is 0 Å². The Kier molecular flexibility index (Phi) is 7.24. The Morgan fingerprint density at radius 1 is 1.15 bits per heavy atom.